The summed E-state index contributed by atoms with van der Waals surface area (Å²) in [5.41, 5.74) is 8.75. The van der Waals surface area contributed by atoms with Gasteiger partial charge in [0.2, 0.25) is 5.88 Å². The molecule has 0 amide bonds. The first-order valence-corrected chi connectivity index (χ1v) is 6.61. The van der Waals surface area contributed by atoms with Crippen LogP contribution in [-0.4, -0.2) is 17.1 Å². The van der Waals surface area contributed by atoms with Crippen LogP contribution in [0.5, 0.6) is 5.88 Å². The normalized spacial score (nSPS) is 25.8. The van der Waals surface area contributed by atoms with Gasteiger partial charge in [-0.3, -0.25) is 0 Å². The van der Waals surface area contributed by atoms with Gasteiger partial charge in [0.05, 0.1) is 0 Å². The van der Waals surface area contributed by atoms with E-state index >= 15 is 0 Å². The van der Waals surface area contributed by atoms with Crippen LogP contribution in [0, 0.1) is 11.3 Å². The molecule has 1 saturated carbocycles. The fraction of sp³-hybridized carbons (Fsp3) is 0.571. The van der Waals surface area contributed by atoms with Gasteiger partial charge in [0.15, 0.2) is 0 Å². The summed E-state index contributed by atoms with van der Waals surface area (Å²) in [6.45, 7) is 0. The van der Waals surface area contributed by atoms with Gasteiger partial charge in [0.1, 0.15) is 17.7 Å². The van der Waals surface area contributed by atoms with Gasteiger partial charge in [-0.1, -0.05) is 0 Å². The average Bonchev–Trinajstić information content (AvgIpc) is 2.97. The van der Waals surface area contributed by atoms with E-state index in [0.29, 0.717) is 11.4 Å². The summed E-state index contributed by atoms with van der Waals surface area (Å²) in [7, 11) is 0. The summed E-state index contributed by atoms with van der Waals surface area (Å²) in [5.74, 6) is 0.511. The number of aromatic nitrogens is 1. The predicted molar refractivity (Wildman–Crippen MR) is 67.2 cm³/mol. The number of hydrogen-bond acceptors (Lipinski definition) is 4. The van der Waals surface area contributed by atoms with E-state index in [0.717, 1.165) is 44.2 Å². The number of rotatable bonds is 2. The maximum atomic E-state index is 9.18. The second kappa shape index (κ2) is 4.58. The molecule has 0 aromatic carbocycles. The molecule has 0 saturated heterocycles. The standard InChI is InChI=1S/C14H17N3O/c15-8-10-6-9-2-1-3-13(9)17-14(10)18-12-5-4-11(16)7-12/h6,11-12H,1-5,7,16H2. The lowest BCUT2D eigenvalue weighted by atomic mass is 10.1. The maximum Gasteiger partial charge on any atom is 0.232 e. The van der Waals surface area contributed by atoms with E-state index in [4.69, 9.17) is 10.5 Å². The molecule has 2 aliphatic rings. The van der Waals surface area contributed by atoms with Crippen LogP contribution in [0.3, 0.4) is 0 Å². The topological polar surface area (TPSA) is 71.9 Å². The highest BCUT2D eigenvalue weighted by atomic mass is 16.5. The van der Waals surface area contributed by atoms with Crippen LogP contribution < -0.4 is 10.5 Å². The molecule has 2 aliphatic carbocycles. The number of nitrogens with zero attached hydrogens (tertiary/aromatic N) is 2. The lowest BCUT2D eigenvalue weighted by Crippen LogP contribution is -2.20. The van der Waals surface area contributed by atoms with Gasteiger partial charge in [-0.25, -0.2) is 4.98 Å². The fourth-order valence-corrected chi connectivity index (χ4v) is 2.86. The smallest absolute Gasteiger partial charge is 0.232 e. The summed E-state index contributed by atoms with van der Waals surface area (Å²) in [4.78, 5) is 4.53. The monoisotopic (exact) mass is 243 g/mol. The zero-order valence-electron chi connectivity index (χ0n) is 10.4. The van der Waals surface area contributed by atoms with Gasteiger partial charge >= 0.3 is 0 Å². The van der Waals surface area contributed by atoms with Crippen molar-refractivity contribution in [2.75, 3.05) is 0 Å². The minimum absolute atomic E-state index is 0.124. The molecule has 1 aromatic heterocycles. The Hall–Kier alpha value is -1.60. The first kappa shape index (κ1) is 11.5. The van der Waals surface area contributed by atoms with Crippen molar-refractivity contribution in [3.8, 4) is 11.9 Å². The van der Waals surface area contributed by atoms with Crippen molar-refractivity contribution >= 4 is 0 Å². The summed E-state index contributed by atoms with van der Waals surface area (Å²) in [6, 6.07) is 4.37. The number of hydrogen-bond donors (Lipinski definition) is 1. The van der Waals surface area contributed by atoms with Crippen molar-refractivity contribution in [3.63, 3.8) is 0 Å². The Balaban J connectivity index is 1.85. The number of fused-ring (bicyclic) bond motifs is 1. The van der Waals surface area contributed by atoms with Crippen molar-refractivity contribution in [2.24, 2.45) is 5.73 Å². The van der Waals surface area contributed by atoms with E-state index in [2.05, 4.69) is 11.1 Å². The molecule has 1 heterocycles. The zero-order valence-corrected chi connectivity index (χ0v) is 10.4. The van der Waals surface area contributed by atoms with Gasteiger partial charge in [-0.2, -0.15) is 5.26 Å². The van der Waals surface area contributed by atoms with E-state index in [1.54, 1.807) is 0 Å². The van der Waals surface area contributed by atoms with Gasteiger partial charge in [-0.15, -0.1) is 0 Å². The van der Waals surface area contributed by atoms with Crippen LogP contribution >= 0.6 is 0 Å². The molecule has 1 fully saturated rings. The Morgan fingerprint density at radius 1 is 1.39 bits per heavy atom. The van der Waals surface area contributed by atoms with Crippen LogP contribution in [-0.2, 0) is 12.8 Å². The SMILES string of the molecule is N#Cc1cc2c(nc1OC1CCC(N)C1)CCC2. The van der Waals surface area contributed by atoms with Gasteiger partial charge in [0.25, 0.3) is 0 Å². The molecule has 0 bridgehead atoms. The van der Waals surface area contributed by atoms with Gasteiger partial charge < -0.3 is 10.5 Å². The van der Waals surface area contributed by atoms with E-state index in [9.17, 15) is 5.26 Å². The van der Waals surface area contributed by atoms with Crippen LogP contribution in [0.4, 0.5) is 0 Å². The Morgan fingerprint density at radius 2 is 2.28 bits per heavy atom. The molecule has 3 rings (SSSR count). The fourth-order valence-electron chi connectivity index (χ4n) is 2.86. The first-order chi connectivity index (χ1) is 8.76. The van der Waals surface area contributed by atoms with Crippen LogP contribution in [0.1, 0.15) is 42.5 Å². The largest absolute Gasteiger partial charge is 0.473 e. The third kappa shape index (κ3) is 2.06. The number of nitriles is 1. The third-order valence-electron chi connectivity index (χ3n) is 3.84. The Morgan fingerprint density at radius 3 is 3.00 bits per heavy atom. The Bertz CT molecular complexity index is 506. The van der Waals surface area contributed by atoms with Crippen LogP contribution in [0.15, 0.2) is 6.07 Å². The lowest BCUT2D eigenvalue weighted by molar-refractivity contribution is 0.198. The molecule has 18 heavy (non-hydrogen) atoms. The molecule has 2 atom stereocenters. The number of pyridine rings is 1. The zero-order chi connectivity index (χ0) is 12.5. The lowest BCUT2D eigenvalue weighted by Gasteiger charge is -2.14. The molecule has 1 aromatic rings. The van der Waals surface area contributed by atoms with E-state index in [-0.39, 0.29) is 12.1 Å². The molecule has 4 nitrogen and oxygen atoms in total. The van der Waals surface area contributed by atoms with Crippen molar-refractivity contribution < 1.29 is 4.74 Å². The molecule has 2 unspecified atom stereocenters. The number of ether oxygens (including phenoxy) is 1. The van der Waals surface area contributed by atoms with E-state index in [1.165, 1.54) is 5.56 Å². The van der Waals surface area contributed by atoms with Crippen molar-refractivity contribution in [1.82, 2.24) is 4.98 Å². The van der Waals surface area contributed by atoms with Crippen molar-refractivity contribution in [3.05, 3.63) is 22.9 Å². The minimum Gasteiger partial charge on any atom is -0.473 e. The first-order valence-electron chi connectivity index (χ1n) is 6.61. The quantitative estimate of drug-likeness (QED) is 0.858. The summed E-state index contributed by atoms with van der Waals surface area (Å²) in [6.07, 6.45) is 6.11. The van der Waals surface area contributed by atoms with Crippen LogP contribution in [0.2, 0.25) is 0 Å². The van der Waals surface area contributed by atoms with Crippen molar-refractivity contribution in [1.29, 1.82) is 5.26 Å². The minimum atomic E-state index is 0.124. The number of aryl methyl sites for hydroxylation is 2. The second-order valence-corrected chi connectivity index (χ2v) is 5.23. The Labute approximate surface area is 107 Å². The molecule has 0 spiro atoms. The second-order valence-electron chi connectivity index (χ2n) is 5.23. The highest BCUT2D eigenvalue weighted by molar-refractivity contribution is 5.44. The predicted octanol–water partition coefficient (Wildman–Crippen LogP) is 1.70. The molecule has 0 radical (unpaired) electrons. The maximum absolute atomic E-state index is 9.18. The summed E-state index contributed by atoms with van der Waals surface area (Å²) < 4.78 is 5.88. The summed E-state index contributed by atoms with van der Waals surface area (Å²) in [5, 5.41) is 9.18. The van der Waals surface area contributed by atoms with Gasteiger partial charge in [0, 0.05) is 11.7 Å². The average molecular weight is 243 g/mol. The van der Waals surface area contributed by atoms with Gasteiger partial charge in [-0.05, 0) is 50.2 Å². The molecular formula is C14H17N3O. The molecule has 0 aliphatic heterocycles. The highest BCUT2D eigenvalue weighted by Gasteiger charge is 2.25. The number of nitrogens with two attached hydrogens (primary N) is 1. The van der Waals surface area contributed by atoms with E-state index < -0.39 is 0 Å². The summed E-state index contributed by atoms with van der Waals surface area (Å²) >= 11 is 0. The highest BCUT2D eigenvalue weighted by Crippen LogP contribution is 2.29. The van der Waals surface area contributed by atoms with Crippen LogP contribution in [0.25, 0.3) is 0 Å². The third-order valence-corrected chi connectivity index (χ3v) is 3.84. The molecule has 2 N–H and O–H groups in total. The molecule has 4 heteroatoms. The van der Waals surface area contributed by atoms with E-state index in [1.807, 2.05) is 6.07 Å². The molecule has 94 valence electrons. The molecular weight excluding hydrogens is 226 g/mol. The van der Waals surface area contributed by atoms with Crippen molar-refractivity contribution in [2.45, 2.75) is 50.7 Å². The Kier molecular flexibility index (Phi) is 2.92.